The maximum atomic E-state index is 5.26. The Morgan fingerprint density at radius 2 is 1.79 bits per heavy atom. The van der Waals surface area contributed by atoms with Crippen LogP contribution in [0.1, 0.15) is 51.2 Å². The summed E-state index contributed by atoms with van der Waals surface area (Å²) in [6.45, 7) is 8.50. The first kappa shape index (κ1) is 16.2. The molecule has 2 nitrogen and oxygen atoms in total. The minimum atomic E-state index is 0.616. The van der Waals surface area contributed by atoms with Crippen molar-refractivity contribution in [3.8, 4) is 0 Å². The number of methoxy groups -OCH3 is 1. The third-order valence-electron chi connectivity index (χ3n) is 3.88. The molecule has 0 aromatic heterocycles. The van der Waals surface area contributed by atoms with Gasteiger partial charge in [-0.05, 0) is 29.9 Å². The zero-order chi connectivity index (χ0) is 14.1. The van der Waals surface area contributed by atoms with Crippen molar-refractivity contribution < 1.29 is 4.74 Å². The molecule has 108 valence electrons. The SMILES string of the molecule is CCC(C)CC(CC)NCc1ccccc1COC. The standard InChI is InChI=1S/C17H29NO/c1-5-14(3)11-17(6-2)18-12-15-9-7-8-10-16(15)13-19-4/h7-10,14,17-18H,5-6,11-13H2,1-4H3. The Hall–Kier alpha value is -0.860. The summed E-state index contributed by atoms with van der Waals surface area (Å²) in [6, 6.07) is 9.14. The Bertz CT molecular complexity index is 351. The molecule has 0 aliphatic rings. The van der Waals surface area contributed by atoms with Crippen LogP contribution in [0.4, 0.5) is 0 Å². The van der Waals surface area contributed by atoms with Crippen molar-refractivity contribution >= 4 is 0 Å². The number of hydrogen-bond donors (Lipinski definition) is 1. The number of benzene rings is 1. The van der Waals surface area contributed by atoms with E-state index in [2.05, 4.69) is 50.4 Å². The summed E-state index contributed by atoms with van der Waals surface area (Å²) >= 11 is 0. The third kappa shape index (κ3) is 5.75. The Kier molecular flexibility index (Phi) is 7.76. The van der Waals surface area contributed by atoms with Gasteiger partial charge in [-0.3, -0.25) is 0 Å². The molecule has 0 aliphatic heterocycles. The monoisotopic (exact) mass is 263 g/mol. The Balaban J connectivity index is 2.54. The van der Waals surface area contributed by atoms with Gasteiger partial charge in [-0.25, -0.2) is 0 Å². The van der Waals surface area contributed by atoms with Crippen LogP contribution < -0.4 is 5.32 Å². The molecular formula is C17H29NO. The second kappa shape index (κ2) is 9.11. The highest BCUT2D eigenvalue weighted by Gasteiger charge is 2.10. The topological polar surface area (TPSA) is 21.3 Å². The zero-order valence-corrected chi connectivity index (χ0v) is 12.9. The number of rotatable bonds is 9. The maximum Gasteiger partial charge on any atom is 0.0716 e. The van der Waals surface area contributed by atoms with E-state index in [1.807, 2.05) is 0 Å². The van der Waals surface area contributed by atoms with Crippen molar-refractivity contribution in [3.63, 3.8) is 0 Å². The molecule has 0 spiro atoms. The Labute approximate surface area is 118 Å². The van der Waals surface area contributed by atoms with E-state index in [0.29, 0.717) is 12.6 Å². The van der Waals surface area contributed by atoms with Crippen LogP contribution in [0.2, 0.25) is 0 Å². The molecule has 1 N–H and O–H groups in total. The summed E-state index contributed by atoms with van der Waals surface area (Å²) in [6.07, 6.45) is 3.72. The molecule has 1 aromatic rings. The van der Waals surface area contributed by atoms with Crippen LogP contribution in [-0.4, -0.2) is 13.2 Å². The summed E-state index contributed by atoms with van der Waals surface area (Å²) < 4.78 is 5.26. The predicted octanol–water partition coefficient (Wildman–Crippen LogP) is 4.14. The maximum absolute atomic E-state index is 5.26. The van der Waals surface area contributed by atoms with Crippen LogP contribution in [-0.2, 0) is 17.9 Å². The summed E-state index contributed by atoms with van der Waals surface area (Å²) in [5, 5.41) is 3.69. The predicted molar refractivity (Wildman–Crippen MR) is 82.1 cm³/mol. The molecule has 2 atom stereocenters. The van der Waals surface area contributed by atoms with Gasteiger partial charge in [0.05, 0.1) is 6.61 Å². The van der Waals surface area contributed by atoms with Gasteiger partial charge < -0.3 is 10.1 Å². The molecule has 1 rings (SSSR count). The van der Waals surface area contributed by atoms with Crippen LogP contribution >= 0.6 is 0 Å². The van der Waals surface area contributed by atoms with Gasteiger partial charge in [0.25, 0.3) is 0 Å². The molecule has 0 aliphatic carbocycles. The van der Waals surface area contributed by atoms with E-state index in [-0.39, 0.29) is 0 Å². The molecule has 0 fully saturated rings. The number of ether oxygens (including phenoxy) is 1. The normalized spacial score (nSPS) is 14.3. The number of nitrogens with one attached hydrogen (secondary N) is 1. The number of hydrogen-bond acceptors (Lipinski definition) is 2. The second-order valence-electron chi connectivity index (χ2n) is 5.44. The van der Waals surface area contributed by atoms with E-state index in [9.17, 15) is 0 Å². The summed E-state index contributed by atoms with van der Waals surface area (Å²) in [5.41, 5.74) is 2.64. The van der Waals surface area contributed by atoms with Crippen LogP contribution in [0, 0.1) is 5.92 Å². The third-order valence-corrected chi connectivity index (χ3v) is 3.88. The van der Waals surface area contributed by atoms with Crippen molar-refractivity contribution in [2.75, 3.05) is 7.11 Å². The van der Waals surface area contributed by atoms with E-state index in [4.69, 9.17) is 4.74 Å². The molecule has 0 saturated carbocycles. The van der Waals surface area contributed by atoms with Gasteiger partial charge in [-0.15, -0.1) is 0 Å². The fourth-order valence-electron chi connectivity index (χ4n) is 2.33. The summed E-state index contributed by atoms with van der Waals surface area (Å²) in [5.74, 6) is 0.798. The van der Waals surface area contributed by atoms with Crippen LogP contribution in [0.25, 0.3) is 0 Å². The van der Waals surface area contributed by atoms with Crippen LogP contribution in [0.15, 0.2) is 24.3 Å². The van der Waals surface area contributed by atoms with Gasteiger partial charge in [0, 0.05) is 19.7 Å². The largest absolute Gasteiger partial charge is 0.380 e. The van der Waals surface area contributed by atoms with Crippen LogP contribution in [0.5, 0.6) is 0 Å². The van der Waals surface area contributed by atoms with Crippen molar-refractivity contribution in [1.29, 1.82) is 0 Å². The fraction of sp³-hybridized carbons (Fsp3) is 0.647. The van der Waals surface area contributed by atoms with Gasteiger partial charge in [0.15, 0.2) is 0 Å². The first-order valence-electron chi connectivity index (χ1n) is 7.50. The fourth-order valence-corrected chi connectivity index (χ4v) is 2.33. The second-order valence-corrected chi connectivity index (χ2v) is 5.44. The quantitative estimate of drug-likeness (QED) is 0.723. The van der Waals surface area contributed by atoms with E-state index in [1.54, 1.807) is 7.11 Å². The van der Waals surface area contributed by atoms with Gasteiger partial charge in [0.1, 0.15) is 0 Å². The smallest absolute Gasteiger partial charge is 0.0716 e. The molecule has 0 saturated heterocycles. The molecule has 2 unspecified atom stereocenters. The Morgan fingerprint density at radius 1 is 1.11 bits per heavy atom. The van der Waals surface area contributed by atoms with Crippen molar-refractivity contribution in [2.24, 2.45) is 5.92 Å². The molecular weight excluding hydrogens is 234 g/mol. The molecule has 2 heteroatoms. The summed E-state index contributed by atoms with van der Waals surface area (Å²) in [4.78, 5) is 0. The van der Waals surface area contributed by atoms with E-state index < -0.39 is 0 Å². The van der Waals surface area contributed by atoms with Gasteiger partial charge >= 0.3 is 0 Å². The molecule has 0 amide bonds. The molecule has 19 heavy (non-hydrogen) atoms. The lowest BCUT2D eigenvalue weighted by atomic mass is 9.97. The van der Waals surface area contributed by atoms with Crippen molar-refractivity contribution in [3.05, 3.63) is 35.4 Å². The van der Waals surface area contributed by atoms with E-state index >= 15 is 0 Å². The van der Waals surface area contributed by atoms with Crippen LogP contribution in [0.3, 0.4) is 0 Å². The molecule has 1 aromatic carbocycles. The molecule has 0 radical (unpaired) electrons. The highest BCUT2D eigenvalue weighted by atomic mass is 16.5. The van der Waals surface area contributed by atoms with Gasteiger partial charge in [-0.2, -0.15) is 0 Å². The average molecular weight is 263 g/mol. The lowest BCUT2D eigenvalue weighted by Gasteiger charge is -2.21. The zero-order valence-electron chi connectivity index (χ0n) is 12.9. The minimum Gasteiger partial charge on any atom is -0.380 e. The lowest BCUT2D eigenvalue weighted by molar-refractivity contribution is 0.184. The van der Waals surface area contributed by atoms with Crippen molar-refractivity contribution in [1.82, 2.24) is 5.32 Å². The first-order valence-corrected chi connectivity index (χ1v) is 7.50. The highest BCUT2D eigenvalue weighted by Crippen LogP contribution is 2.14. The average Bonchev–Trinajstić information content (AvgIpc) is 2.44. The molecule has 0 heterocycles. The minimum absolute atomic E-state index is 0.616. The van der Waals surface area contributed by atoms with Gasteiger partial charge in [0.2, 0.25) is 0 Å². The summed E-state index contributed by atoms with van der Waals surface area (Å²) in [7, 11) is 1.75. The highest BCUT2D eigenvalue weighted by molar-refractivity contribution is 5.26. The van der Waals surface area contributed by atoms with E-state index in [1.165, 1.54) is 30.4 Å². The van der Waals surface area contributed by atoms with E-state index in [0.717, 1.165) is 12.5 Å². The van der Waals surface area contributed by atoms with Gasteiger partial charge in [-0.1, -0.05) is 51.5 Å². The lowest BCUT2D eigenvalue weighted by Crippen LogP contribution is -2.30. The van der Waals surface area contributed by atoms with Crippen molar-refractivity contribution in [2.45, 2.75) is 59.2 Å². The Morgan fingerprint density at radius 3 is 2.37 bits per heavy atom. The first-order chi connectivity index (χ1) is 9.21. The molecule has 0 bridgehead atoms.